The Morgan fingerprint density at radius 2 is 1.70 bits per heavy atom. The summed E-state index contributed by atoms with van der Waals surface area (Å²) in [4.78, 5) is 12.1. The van der Waals surface area contributed by atoms with E-state index in [-0.39, 0.29) is 30.1 Å². The van der Waals surface area contributed by atoms with Gasteiger partial charge >= 0.3 is 6.03 Å². The number of amides is 2. The van der Waals surface area contributed by atoms with E-state index in [1.807, 2.05) is 12.1 Å². The number of carbonyl (C=O) groups is 1. The van der Waals surface area contributed by atoms with Gasteiger partial charge in [-0.05, 0) is 39.8 Å². The van der Waals surface area contributed by atoms with Crippen LogP contribution in [0.5, 0.6) is 0 Å². The molecular formula is C22H28FN3O3S. The number of halogens is 1. The van der Waals surface area contributed by atoms with Gasteiger partial charge in [-0.2, -0.15) is 0 Å². The first kappa shape index (κ1) is 23.7. The second-order valence-electron chi connectivity index (χ2n) is 7.90. The van der Waals surface area contributed by atoms with Gasteiger partial charge in [-0.15, -0.1) is 0 Å². The lowest BCUT2D eigenvalue weighted by molar-refractivity contribution is 0.240. The highest BCUT2D eigenvalue weighted by Crippen LogP contribution is 2.22. The molecule has 30 heavy (non-hydrogen) atoms. The third-order valence-electron chi connectivity index (χ3n) is 4.61. The highest BCUT2D eigenvalue weighted by molar-refractivity contribution is 7.77. The maximum absolute atomic E-state index is 14.4. The molecule has 0 bridgehead atoms. The van der Waals surface area contributed by atoms with Crippen LogP contribution in [0, 0.1) is 5.82 Å². The van der Waals surface area contributed by atoms with E-state index in [0.29, 0.717) is 17.7 Å². The van der Waals surface area contributed by atoms with E-state index in [9.17, 15) is 13.4 Å². The van der Waals surface area contributed by atoms with Crippen LogP contribution < -0.4 is 15.4 Å². The third-order valence-corrected chi connectivity index (χ3v) is 5.00. The fourth-order valence-electron chi connectivity index (χ4n) is 2.87. The number of urea groups is 1. The number of hydrogen-bond acceptors (Lipinski definition) is 2. The third kappa shape index (κ3) is 7.05. The molecule has 0 radical (unpaired) electrons. The second kappa shape index (κ2) is 10.5. The normalized spacial score (nSPS) is 12.3. The lowest BCUT2D eigenvalue weighted by Gasteiger charge is -2.19. The quantitative estimate of drug-likeness (QED) is 0.475. The molecule has 0 aliphatic heterocycles. The van der Waals surface area contributed by atoms with E-state index in [4.69, 9.17) is 4.55 Å². The number of hydrogen-bond donors (Lipinski definition) is 4. The van der Waals surface area contributed by atoms with Gasteiger partial charge in [-0.3, -0.25) is 4.55 Å². The van der Waals surface area contributed by atoms with Crippen LogP contribution in [0.3, 0.4) is 0 Å². The number of benzene rings is 2. The summed E-state index contributed by atoms with van der Waals surface area (Å²) >= 11 is -2.24. The lowest BCUT2D eigenvalue weighted by Crippen LogP contribution is -2.34. The topological polar surface area (TPSA) is 90.5 Å². The van der Waals surface area contributed by atoms with Gasteiger partial charge in [0.1, 0.15) is 5.82 Å². The SMILES string of the molecule is C=Cc1cc(CNC(=O)NCc2ccc(C(C)(C)C)cc2)cc(F)c1CNS(=O)O. The first-order valence-electron chi connectivity index (χ1n) is 9.49. The average molecular weight is 434 g/mol. The Hall–Kier alpha value is -2.55. The van der Waals surface area contributed by atoms with E-state index in [2.05, 4.69) is 54.8 Å². The van der Waals surface area contributed by atoms with Gasteiger partial charge < -0.3 is 10.6 Å². The molecule has 8 heteroatoms. The van der Waals surface area contributed by atoms with Crippen LogP contribution in [-0.2, 0) is 36.3 Å². The maximum Gasteiger partial charge on any atom is 0.315 e. The Balaban J connectivity index is 1.92. The van der Waals surface area contributed by atoms with Gasteiger partial charge in [0.15, 0.2) is 0 Å². The van der Waals surface area contributed by atoms with E-state index < -0.39 is 17.1 Å². The standard InChI is InChI=1S/C22H28FN3O3S/c1-5-17-10-16(11-20(23)19(17)14-26-30(28)29)13-25-21(27)24-12-15-6-8-18(9-7-15)22(2,3)4/h5-11,26H,1,12-14H2,2-4H3,(H,28,29)(H2,24,25,27). The zero-order chi connectivity index (χ0) is 22.3. The van der Waals surface area contributed by atoms with Crippen LogP contribution in [-0.4, -0.2) is 14.8 Å². The van der Waals surface area contributed by atoms with E-state index >= 15 is 0 Å². The largest absolute Gasteiger partial charge is 0.334 e. The molecule has 0 saturated carbocycles. The zero-order valence-electron chi connectivity index (χ0n) is 17.4. The molecule has 1 unspecified atom stereocenters. The van der Waals surface area contributed by atoms with Crippen molar-refractivity contribution in [3.63, 3.8) is 0 Å². The fourth-order valence-corrected chi connectivity index (χ4v) is 3.14. The van der Waals surface area contributed by atoms with Crippen LogP contribution >= 0.6 is 0 Å². The summed E-state index contributed by atoms with van der Waals surface area (Å²) in [6.45, 7) is 10.5. The number of carbonyl (C=O) groups excluding carboxylic acids is 1. The molecule has 4 N–H and O–H groups in total. The Kier molecular flexibility index (Phi) is 8.28. The highest BCUT2D eigenvalue weighted by atomic mass is 32.2. The minimum absolute atomic E-state index is 0.0731. The summed E-state index contributed by atoms with van der Waals surface area (Å²) in [6, 6.07) is 10.7. The van der Waals surface area contributed by atoms with E-state index in [1.54, 1.807) is 6.07 Å². The van der Waals surface area contributed by atoms with Gasteiger partial charge in [0, 0.05) is 25.2 Å². The molecular weight excluding hydrogens is 405 g/mol. The summed E-state index contributed by atoms with van der Waals surface area (Å²) in [5.74, 6) is -0.540. The van der Waals surface area contributed by atoms with E-state index in [1.165, 1.54) is 17.7 Å². The highest BCUT2D eigenvalue weighted by Gasteiger charge is 2.13. The van der Waals surface area contributed by atoms with Gasteiger partial charge in [0.05, 0.1) is 0 Å². The van der Waals surface area contributed by atoms with Gasteiger partial charge in [-0.25, -0.2) is 18.1 Å². The monoisotopic (exact) mass is 433 g/mol. The van der Waals surface area contributed by atoms with Crippen LogP contribution in [0.25, 0.3) is 6.08 Å². The van der Waals surface area contributed by atoms with Crippen molar-refractivity contribution in [3.05, 3.63) is 76.6 Å². The summed E-state index contributed by atoms with van der Waals surface area (Å²) in [5.41, 5.74) is 3.56. The Bertz CT molecular complexity index is 924. The summed E-state index contributed by atoms with van der Waals surface area (Å²) < 4.78 is 36.2. The molecule has 6 nitrogen and oxygen atoms in total. The summed E-state index contributed by atoms with van der Waals surface area (Å²) in [7, 11) is 0. The summed E-state index contributed by atoms with van der Waals surface area (Å²) in [6.07, 6.45) is 1.46. The predicted octanol–water partition coefficient (Wildman–Crippen LogP) is 3.99. The molecule has 2 rings (SSSR count). The van der Waals surface area contributed by atoms with Crippen molar-refractivity contribution in [1.29, 1.82) is 0 Å². The van der Waals surface area contributed by atoms with Crippen molar-refractivity contribution in [2.45, 2.75) is 45.8 Å². The molecule has 2 aromatic rings. The van der Waals surface area contributed by atoms with Gasteiger partial charge in [0.2, 0.25) is 11.3 Å². The van der Waals surface area contributed by atoms with Crippen molar-refractivity contribution in [3.8, 4) is 0 Å². The van der Waals surface area contributed by atoms with Crippen LogP contribution in [0.4, 0.5) is 9.18 Å². The molecule has 2 amide bonds. The first-order chi connectivity index (χ1) is 14.1. The van der Waals surface area contributed by atoms with Crippen molar-refractivity contribution >= 4 is 23.4 Å². The molecule has 0 heterocycles. The predicted molar refractivity (Wildman–Crippen MR) is 118 cm³/mol. The molecule has 0 saturated heterocycles. The van der Waals surface area contributed by atoms with E-state index in [0.717, 1.165) is 5.56 Å². The fraction of sp³-hybridized carbons (Fsp3) is 0.318. The minimum atomic E-state index is -2.24. The second-order valence-corrected chi connectivity index (χ2v) is 8.69. The van der Waals surface area contributed by atoms with Crippen molar-refractivity contribution < 1.29 is 17.9 Å². The van der Waals surface area contributed by atoms with Crippen molar-refractivity contribution in [1.82, 2.24) is 15.4 Å². The molecule has 0 spiro atoms. The van der Waals surface area contributed by atoms with Crippen LogP contribution in [0.15, 0.2) is 43.0 Å². The number of rotatable bonds is 8. The molecule has 0 aliphatic rings. The van der Waals surface area contributed by atoms with Gasteiger partial charge in [-0.1, -0.05) is 57.7 Å². The van der Waals surface area contributed by atoms with Gasteiger partial charge in [0.25, 0.3) is 0 Å². The molecule has 162 valence electrons. The molecule has 1 atom stereocenters. The first-order valence-corrected chi connectivity index (χ1v) is 10.6. The lowest BCUT2D eigenvalue weighted by atomic mass is 9.87. The Labute approximate surface area is 179 Å². The minimum Gasteiger partial charge on any atom is -0.334 e. The van der Waals surface area contributed by atoms with Crippen LogP contribution in [0.1, 0.15) is 48.6 Å². The Morgan fingerprint density at radius 1 is 1.10 bits per heavy atom. The smallest absolute Gasteiger partial charge is 0.315 e. The van der Waals surface area contributed by atoms with Crippen molar-refractivity contribution in [2.75, 3.05) is 0 Å². The molecule has 0 aromatic heterocycles. The molecule has 2 aromatic carbocycles. The Morgan fingerprint density at radius 3 is 2.23 bits per heavy atom. The molecule has 0 fully saturated rings. The van der Waals surface area contributed by atoms with Crippen molar-refractivity contribution in [2.24, 2.45) is 0 Å². The summed E-state index contributed by atoms with van der Waals surface area (Å²) in [5, 5.41) is 5.48. The number of nitrogens with one attached hydrogen (secondary N) is 3. The zero-order valence-corrected chi connectivity index (χ0v) is 18.2. The average Bonchev–Trinajstić information content (AvgIpc) is 2.68. The maximum atomic E-state index is 14.4. The van der Waals surface area contributed by atoms with Crippen LogP contribution in [0.2, 0.25) is 0 Å². The molecule has 0 aliphatic carbocycles.